The summed E-state index contributed by atoms with van der Waals surface area (Å²) in [5, 5.41) is 15.9. The summed E-state index contributed by atoms with van der Waals surface area (Å²) >= 11 is 0. The van der Waals surface area contributed by atoms with Crippen LogP contribution in [0.1, 0.15) is 10.4 Å². The van der Waals surface area contributed by atoms with Crippen molar-refractivity contribution in [2.75, 3.05) is 12.1 Å². The maximum Gasteiger partial charge on any atom is 0.296 e. The number of fused-ring (bicyclic) bond motifs is 4. The molecule has 6 heteroatoms. The summed E-state index contributed by atoms with van der Waals surface area (Å²) in [5.74, 6) is -1.40. The summed E-state index contributed by atoms with van der Waals surface area (Å²) in [5.41, 5.74) is 0.445. The molecule has 0 fully saturated rings. The first kappa shape index (κ1) is 12.3. The first-order chi connectivity index (χ1) is 11.2. The number of Topliss-reactive ketones (excluding diaryl/α,β-unsaturated/α-hetero) is 1. The zero-order valence-corrected chi connectivity index (χ0v) is 11.7. The fraction of sp³-hybridized carbons (Fsp3) is 0.0588. The van der Waals surface area contributed by atoms with E-state index in [1.807, 2.05) is 24.3 Å². The number of rotatable bonds is 0. The van der Waals surface area contributed by atoms with Gasteiger partial charge in [0.25, 0.3) is 11.7 Å². The molecule has 0 saturated heterocycles. The normalized spacial score (nSPS) is 15.3. The van der Waals surface area contributed by atoms with Crippen LogP contribution in [0, 0.1) is 0 Å². The highest BCUT2D eigenvalue weighted by Crippen LogP contribution is 2.53. The zero-order valence-electron chi connectivity index (χ0n) is 11.7. The molecule has 0 bridgehead atoms. The Hall–Kier alpha value is -3.28. The highest BCUT2D eigenvalue weighted by atomic mass is 16.7. The van der Waals surface area contributed by atoms with Crippen molar-refractivity contribution < 1.29 is 24.2 Å². The smallest absolute Gasteiger partial charge is 0.296 e. The monoisotopic (exact) mass is 307 g/mol. The molecule has 3 aromatic carbocycles. The van der Waals surface area contributed by atoms with Gasteiger partial charge >= 0.3 is 0 Å². The molecule has 3 aromatic rings. The van der Waals surface area contributed by atoms with E-state index < -0.39 is 11.7 Å². The Bertz CT molecular complexity index is 1070. The average molecular weight is 307 g/mol. The standard InChI is InChI=1S/C17H9NO5/c19-13-12-11-9(18-17(21)14(12)20)5-7-3-1-2-4-8(7)10(11)15-16(13)23-6-22-15/h1-5,19H,6H2,(H,18,21). The van der Waals surface area contributed by atoms with E-state index in [0.717, 1.165) is 10.8 Å². The molecular formula is C17H9NO5. The van der Waals surface area contributed by atoms with E-state index in [4.69, 9.17) is 9.47 Å². The van der Waals surface area contributed by atoms with Gasteiger partial charge in [-0.05, 0) is 16.8 Å². The minimum Gasteiger partial charge on any atom is -0.504 e. The summed E-state index contributed by atoms with van der Waals surface area (Å²) in [6.07, 6.45) is 0. The van der Waals surface area contributed by atoms with Gasteiger partial charge in [-0.25, -0.2) is 0 Å². The number of amides is 1. The number of hydrogen-bond acceptors (Lipinski definition) is 5. The number of hydrogen-bond donors (Lipinski definition) is 2. The molecule has 0 atom stereocenters. The van der Waals surface area contributed by atoms with Crippen LogP contribution in [0.2, 0.25) is 0 Å². The number of aromatic hydroxyl groups is 1. The molecule has 2 heterocycles. The number of phenolic OH excluding ortho intramolecular Hbond substituents is 1. The topological polar surface area (TPSA) is 84.9 Å². The van der Waals surface area contributed by atoms with Gasteiger partial charge in [-0.1, -0.05) is 24.3 Å². The lowest BCUT2D eigenvalue weighted by Crippen LogP contribution is -2.27. The predicted octanol–water partition coefficient (Wildman–Crippen LogP) is 2.56. The third-order valence-corrected chi connectivity index (χ3v) is 4.27. The number of carbonyl (C=O) groups excluding carboxylic acids is 2. The van der Waals surface area contributed by atoms with Gasteiger partial charge < -0.3 is 19.9 Å². The molecule has 1 amide bonds. The molecule has 2 N–H and O–H groups in total. The van der Waals surface area contributed by atoms with Gasteiger partial charge in [0.1, 0.15) is 0 Å². The second-order valence-electron chi connectivity index (χ2n) is 5.47. The van der Waals surface area contributed by atoms with Crippen molar-refractivity contribution >= 4 is 38.9 Å². The summed E-state index contributed by atoms with van der Waals surface area (Å²) in [6.45, 7) is -0.0461. The minimum absolute atomic E-state index is 0.0336. The summed E-state index contributed by atoms with van der Waals surface area (Å²) in [6, 6.07) is 9.35. The van der Waals surface area contributed by atoms with Crippen molar-refractivity contribution in [1.29, 1.82) is 0 Å². The molecule has 112 valence electrons. The number of nitrogens with one attached hydrogen (secondary N) is 1. The zero-order chi connectivity index (χ0) is 15.7. The molecule has 0 saturated carbocycles. The molecule has 0 spiro atoms. The lowest BCUT2D eigenvalue weighted by molar-refractivity contribution is -0.112. The van der Waals surface area contributed by atoms with Gasteiger partial charge in [-0.2, -0.15) is 0 Å². The average Bonchev–Trinajstić information content (AvgIpc) is 3.03. The summed E-state index contributed by atoms with van der Waals surface area (Å²) < 4.78 is 10.9. The number of phenols is 1. The molecule has 0 aliphatic carbocycles. The third-order valence-electron chi connectivity index (χ3n) is 4.27. The van der Waals surface area contributed by atoms with E-state index in [-0.39, 0.29) is 23.9 Å². The van der Waals surface area contributed by atoms with Gasteiger partial charge in [-0.3, -0.25) is 9.59 Å². The number of carbonyl (C=O) groups is 2. The van der Waals surface area contributed by atoms with Crippen molar-refractivity contribution in [3.63, 3.8) is 0 Å². The van der Waals surface area contributed by atoms with Gasteiger partial charge in [0, 0.05) is 10.8 Å². The van der Waals surface area contributed by atoms with Crippen LogP contribution >= 0.6 is 0 Å². The second-order valence-corrected chi connectivity index (χ2v) is 5.47. The van der Waals surface area contributed by atoms with E-state index in [1.54, 1.807) is 6.07 Å². The molecule has 0 aromatic heterocycles. The molecule has 2 aliphatic heterocycles. The Morgan fingerprint density at radius 1 is 1.04 bits per heavy atom. The fourth-order valence-corrected chi connectivity index (χ4v) is 3.33. The number of benzene rings is 3. The first-order valence-corrected chi connectivity index (χ1v) is 7.02. The van der Waals surface area contributed by atoms with Crippen LogP contribution < -0.4 is 14.8 Å². The number of ether oxygens (including phenoxy) is 2. The number of ketones is 1. The minimum atomic E-state index is -0.784. The highest BCUT2D eigenvalue weighted by molar-refractivity contribution is 6.53. The Morgan fingerprint density at radius 3 is 2.70 bits per heavy atom. The van der Waals surface area contributed by atoms with Crippen LogP contribution in [-0.4, -0.2) is 23.6 Å². The Morgan fingerprint density at radius 2 is 1.83 bits per heavy atom. The third kappa shape index (κ3) is 1.37. The summed E-state index contributed by atoms with van der Waals surface area (Å²) in [7, 11) is 0. The molecular weight excluding hydrogens is 298 g/mol. The molecule has 0 radical (unpaired) electrons. The SMILES string of the molecule is O=C1Nc2cc3ccccc3c3c4c(c(O)c(c23)C1=O)OCO4. The molecule has 6 nitrogen and oxygen atoms in total. The molecule has 2 aliphatic rings. The van der Waals surface area contributed by atoms with E-state index in [0.29, 0.717) is 22.2 Å². The maximum atomic E-state index is 12.3. The van der Waals surface area contributed by atoms with Gasteiger partial charge in [0.2, 0.25) is 12.5 Å². The Labute approximate surface area is 129 Å². The maximum absolute atomic E-state index is 12.3. The largest absolute Gasteiger partial charge is 0.504 e. The van der Waals surface area contributed by atoms with Crippen molar-refractivity contribution in [1.82, 2.24) is 0 Å². The number of anilines is 1. The lowest BCUT2D eigenvalue weighted by atomic mass is 9.90. The van der Waals surface area contributed by atoms with Gasteiger partial charge in [0.05, 0.1) is 11.3 Å². The quantitative estimate of drug-likeness (QED) is 0.492. The van der Waals surface area contributed by atoms with Gasteiger partial charge in [-0.15, -0.1) is 0 Å². The van der Waals surface area contributed by atoms with E-state index >= 15 is 0 Å². The fourth-order valence-electron chi connectivity index (χ4n) is 3.33. The van der Waals surface area contributed by atoms with Crippen LogP contribution in [0.3, 0.4) is 0 Å². The van der Waals surface area contributed by atoms with Gasteiger partial charge in [0.15, 0.2) is 11.5 Å². The van der Waals surface area contributed by atoms with Crippen molar-refractivity contribution in [3.05, 3.63) is 35.9 Å². The predicted molar refractivity (Wildman–Crippen MR) is 82.2 cm³/mol. The second kappa shape index (κ2) is 3.92. The van der Waals surface area contributed by atoms with Crippen LogP contribution in [0.5, 0.6) is 17.2 Å². The Balaban J connectivity index is 2.13. The van der Waals surface area contributed by atoms with Crippen molar-refractivity contribution in [2.45, 2.75) is 0 Å². The van der Waals surface area contributed by atoms with E-state index in [9.17, 15) is 14.7 Å². The molecule has 23 heavy (non-hydrogen) atoms. The lowest BCUT2D eigenvalue weighted by Gasteiger charge is -2.20. The van der Waals surface area contributed by atoms with E-state index in [2.05, 4.69) is 5.32 Å². The molecule has 0 unspecified atom stereocenters. The van der Waals surface area contributed by atoms with Crippen LogP contribution in [-0.2, 0) is 4.79 Å². The summed E-state index contributed by atoms with van der Waals surface area (Å²) in [4.78, 5) is 24.2. The van der Waals surface area contributed by atoms with Crippen LogP contribution in [0.15, 0.2) is 30.3 Å². The molecule has 5 rings (SSSR count). The van der Waals surface area contributed by atoms with Crippen molar-refractivity contribution in [3.8, 4) is 17.2 Å². The first-order valence-electron chi connectivity index (χ1n) is 7.02. The van der Waals surface area contributed by atoms with Crippen molar-refractivity contribution in [2.24, 2.45) is 0 Å². The van der Waals surface area contributed by atoms with Crippen LogP contribution in [0.25, 0.3) is 21.5 Å². The Kier molecular flexibility index (Phi) is 2.09. The highest BCUT2D eigenvalue weighted by Gasteiger charge is 2.36. The van der Waals surface area contributed by atoms with Crippen LogP contribution in [0.4, 0.5) is 5.69 Å². The van der Waals surface area contributed by atoms with E-state index in [1.165, 1.54) is 0 Å².